The van der Waals surface area contributed by atoms with E-state index in [4.69, 9.17) is 21.3 Å². The lowest BCUT2D eigenvalue weighted by Crippen LogP contribution is -2.12. The van der Waals surface area contributed by atoms with E-state index in [0.29, 0.717) is 21.8 Å². The first-order chi connectivity index (χ1) is 11.2. The SMILES string of the molecule is N#Cc1cccc(NC(=O)c2nnc(-c3cccc(Cl)c3)o2)c1. The standard InChI is InChI=1S/C16H9ClN4O2/c17-12-5-2-4-11(8-12)15-20-21-16(23-15)14(22)19-13-6-1-3-10(7-13)9-18/h1-8H,(H,19,22). The molecule has 0 spiro atoms. The van der Waals surface area contributed by atoms with Crippen LogP contribution in [0.3, 0.4) is 0 Å². The molecule has 0 saturated carbocycles. The molecule has 0 atom stereocenters. The van der Waals surface area contributed by atoms with Gasteiger partial charge in [-0.2, -0.15) is 5.26 Å². The molecule has 0 aliphatic heterocycles. The van der Waals surface area contributed by atoms with Gasteiger partial charge in [0.1, 0.15) is 0 Å². The Morgan fingerprint density at radius 1 is 1.17 bits per heavy atom. The number of nitriles is 1. The smallest absolute Gasteiger partial charge is 0.313 e. The maximum Gasteiger partial charge on any atom is 0.313 e. The summed E-state index contributed by atoms with van der Waals surface area (Å²) in [6, 6.07) is 15.4. The topological polar surface area (TPSA) is 91.8 Å². The third-order valence-electron chi connectivity index (χ3n) is 2.94. The van der Waals surface area contributed by atoms with Crippen LogP contribution >= 0.6 is 11.6 Å². The second-order valence-electron chi connectivity index (χ2n) is 4.57. The Kier molecular flexibility index (Phi) is 4.04. The molecule has 3 rings (SSSR count). The van der Waals surface area contributed by atoms with Gasteiger partial charge in [0.2, 0.25) is 5.89 Å². The van der Waals surface area contributed by atoms with Crippen molar-refractivity contribution < 1.29 is 9.21 Å². The second-order valence-corrected chi connectivity index (χ2v) is 5.01. The van der Waals surface area contributed by atoms with E-state index < -0.39 is 5.91 Å². The van der Waals surface area contributed by atoms with Gasteiger partial charge in [-0.1, -0.05) is 23.7 Å². The molecule has 0 aliphatic carbocycles. The summed E-state index contributed by atoms with van der Waals surface area (Å²) in [7, 11) is 0. The molecule has 0 bridgehead atoms. The van der Waals surface area contributed by atoms with E-state index in [1.807, 2.05) is 6.07 Å². The molecule has 1 N–H and O–H groups in total. The minimum Gasteiger partial charge on any atom is -0.412 e. The van der Waals surface area contributed by atoms with Crippen LogP contribution in [0.1, 0.15) is 16.2 Å². The van der Waals surface area contributed by atoms with Gasteiger partial charge in [-0.25, -0.2) is 0 Å². The number of benzene rings is 2. The van der Waals surface area contributed by atoms with Crippen LogP contribution in [0.15, 0.2) is 52.9 Å². The summed E-state index contributed by atoms with van der Waals surface area (Å²) >= 11 is 5.90. The molecule has 1 aromatic heterocycles. The van der Waals surface area contributed by atoms with Crippen LogP contribution < -0.4 is 5.32 Å². The Morgan fingerprint density at radius 3 is 2.78 bits per heavy atom. The van der Waals surface area contributed by atoms with Crippen molar-refractivity contribution in [1.82, 2.24) is 10.2 Å². The van der Waals surface area contributed by atoms with E-state index in [1.54, 1.807) is 48.5 Å². The number of hydrogen-bond acceptors (Lipinski definition) is 5. The molecule has 1 amide bonds. The van der Waals surface area contributed by atoms with Crippen LogP contribution in [0.5, 0.6) is 0 Å². The molecular formula is C16H9ClN4O2. The zero-order chi connectivity index (χ0) is 16.2. The van der Waals surface area contributed by atoms with Crippen molar-refractivity contribution in [2.75, 3.05) is 5.32 Å². The van der Waals surface area contributed by atoms with Gasteiger partial charge >= 0.3 is 11.8 Å². The number of nitrogens with one attached hydrogen (secondary N) is 1. The summed E-state index contributed by atoms with van der Waals surface area (Å²) in [4.78, 5) is 12.1. The molecular weight excluding hydrogens is 316 g/mol. The van der Waals surface area contributed by atoms with Gasteiger partial charge in [0, 0.05) is 16.3 Å². The Balaban J connectivity index is 1.80. The van der Waals surface area contributed by atoms with E-state index in [0.717, 1.165) is 0 Å². The van der Waals surface area contributed by atoms with Crippen LogP contribution in [0.25, 0.3) is 11.5 Å². The molecule has 7 heteroatoms. The van der Waals surface area contributed by atoms with Gasteiger partial charge in [-0.3, -0.25) is 4.79 Å². The molecule has 6 nitrogen and oxygen atoms in total. The lowest BCUT2D eigenvalue weighted by Gasteiger charge is -2.01. The number of amides is 1. The minimum absolute atomic E-state index is 0.178. The molecule has 112 valence electrons. The van der Waals surface area contributed by atoms with Gasteiger partial charge in [-0.15, -0.1) is 10.2 Å². The van der Waals surface area contributed by atoms with Crippen LogP contribution in [-0.2, 0) is 0 Å². The molecule has 0 unspecified atom stereocenters. The number of carbonyl (C=O) groups is 1. The fourth-order valence-corrected chi connectivity index (χ4v) is 2.09. The summed E-state index contributed by atoms with van der Waals surface area (Å²) in [5.41, 5.74) is 1.53. The number of halogens is 1. The first-order valence-electron chi connectivity index (χ1n) is 6.56. The maximum atomic E-state index is 12.1. The summed E-state index contributed by atoms with van der Waals surface area (Å²) in [5, 5.41) is 19.5. The van der Waals surface area contributed by atoms with Crippen molar-refractivity contribution in [3.63, 3.8) is 0 Å². The van der Waals surface area contributed by atoms with Crippen molar-refractivity contribution in [2.45, 2.75) is 0 Å². The number of nitrogens with zero attached hydrogens (tertiary/aromatic N) is 3. The summed E-state index contributed by atoms with van der Waals surface area (Å²) in [6.07, 6.45) is 0. The Bertz CT molecular complexity index is 914. The predicted octanol–water partition coefficient (Wildman–Crippen LogP) is 3.51. The monoisotopic (exact) mass is 324 g/mol. The van der Waals surface area contributed by atoms with Gasteiger partial charge in [0.25, 0.3) is 0 Å². The number of hydrogen-bond donors (Lipinski definition) is 1. The van der Waals surface area contributed by atoms with Crippen LogP contribution in [-0.4, -0.2) is 16.1 Å². The third-order valence-corrected chi connectivity index (χ3v) is 3.18. The minimum atomic E-state index is -0.555. The van der Waals surface area contributed by atoms with E-state index in [2.05, 4.69) is 15.5 Å². The zero-order valence-electron chi connectivity index (χ0n) is 11.7. The molecule has 0 fully saturated rings. The van der Waals surface area contributed by atoms with E-state index in [1.165, 1.54) is 0 Å². The van der Waals surface area contributed by atoms with E-state index in [-0.39, 0.29) is 11.8 Å². The van der Waals surface area contributed by atoms with Crippen LogP contribution in [0, 0.1) is 11.3 Å². The average molecular weight is 325 g/mol. The van der Waals surface area contributed by atoms with E-state index >= 15 is 0 Å². The van der Waals surface area contributed by atoms with Gasteiger partial charge in [-0.05, 0) is 36.4 Å². The molecule has 0 aliphatic rings. The highest BCUT2D eigenvalue weighted by Gasteiger charge is 2.16. The highest BCUT2D eigenvalue weighted by atomic mass is 35.5. The van der Waals surface area contributed by atoms with Crippen LogP contribution in [0.2, 0.25) is 5.02 Å². The molecule has 0 saturated heterocycles. The summed E-state index contributed by atoms with van der Waals surface area (Å²) in [6.45, 7) is 0. The summed E-state index contributed by atoms with van der Waals surface area (Å²) < 4.78 is 5.36. The fourth-order valence-electron chi connectivity index (χ4n) is 1.90. The first kappa shape index (κ1) is 14.8. The highest BCUT2D eigenvalue weighted by Crippen LogP contribution is 2.21. The van der Waals surface area contributed by atoms with Crippen molar-refractivity contribution in [3.05, 3.63) is 65.0 Å². The number of anilines is 1. The Hall–Kier alpha value is -3.17. The second kappa shape index (κ2) is 6.30. The quantitative estimate of drug-likeness (QED) is 0.795. The molecule has 0 radical (unpaired) electrons. The Labute approximate surface area is 136 Å². The molecule has 3 aromatic rings. The number of aromatic nitrogens is 2. The van der Waals surface area contributed by atoms with E-state index in [9.17, 15) is 4.79 Å². The van der Waals surface area contributed by atoms with Crippen molar-refractivity contribution in [3.8, 4) is 17.5 Å². The lowest BCUT2D eigenvalue weighted by molar-refractivity contribution is 0.0991. The molecule has 23 heavy (non-hydrogen) atoms. The van der Waals surface area contributed by atoms with Gasteiger partial charge in [0.05, 0.1) is 11.6 Å². The maximum absolute atomic E-state index is 12.1. The van der Waals surface area contributed by atoms with Crippen LogP contribution in [0.4, 0.5) is 5.69 Å². The van der Waals surface area contributed by atoms with Gasteiger partial charge < -0.3 is 9.73 Å². The third kappa shape index (κ3) is 3.36. The molecule has 1 heterocycles. The number of rotatable bonds is 3. The largest absolute Gasteiger partial charge is 0.412 e. The van der Waals surface area contributed by atoms with Crippen molar-refractivity contribution >= 4 is 23.2 Å². The van der Waals surface area contributed by atoms with Crippen molar-refractivity contribution in [2.24, 2.45) is 0 Å². The predicted molar refractivity (Wildman–Crippen MR) is 83.9 cm³/mol. The Morgan fingerprint density at radius 2 is 2.00 bits per heavy atom. The fraction of sp³-hybridized carbons (Fsp3) is 0. The molecule has 2 aromatic carbocycles. The average Bonchev–Trinajstić information content (AvgIpc) is 3.05. The van der Waals surface area contributed by atoms with Crippen molar-refractivity contribution in [1.29, 1.82) is 5.26 Å². The summed E-state index contributed by atoms with van der Waals surface area (Å²) in [5.74, 6) is -0.536. The first-order valence-corrected chi connectivity index (χ1v) is 6.94. The zero-order valence-corrected chi connectivity index (χ0v) is 12.4. The highest BCUT2D eigenvalue weighted by molar-refractivity contribution is 6.30. The van der Waals surface area contributed by atoms with Gasteiger partial charge in [0.15, 0.2) is 0 Å². The lowest BCUT2D eigenvalue weighted by atomic mass is 10.2. The number of carbonyl (C=O) groups excluding carboxylic acids is 1. The normalized spacial score (nSPS) is 10.1.